The summed E-state index contributed by atoms with van der Waals surface area (Å²) in [6.45, 7) is 1.62. The first kappa shape index (κ1) is 17.2. The molecule has 3 N–H and O–H groups in total. The molecular formula is C18H16N4O4. The van der Waals surface area contributed by atoms with Crippen molar-refractivity contribution >= 4 is 17.7 Å². The number of nitrogens with zero attached hydrogens (tertiary/aromatic N) is 2. The number of para-hydroxylation sites is 1. The maximum absolute atomic E-state index is 12.1. The molecule has 132 valence electrons. The lowest BCUT2D eigenvalue weighted by molar-refractivity contribution is 0.0694. The van der Waals surface area contributed by atoms with Crippen LogP contribution in [0.1, 0.15) is 29.1 Å². The molecule has 0 aliphatic rings. The first-order valence-electron chi connectivity index (χ1n) is 7.82. The molecule has 3 aromatic rings. The van der Waals surface area contributed by atoms with Gasteiger partial charge in [-0.15, -0.1) is 0 Å². The van der Waals surface area contributed by atoms with Crippen molar-refractivity contribution in [3.05, 3.63) is 66.2 Å². The molecule has 8 nitrogen and oxygen atoms in total. The number of aromatic carboxylic acids is 1. The third kappa shape index (κ3) is 3.69. The first-order valence-corrected chi connectivity index (χ1v) is 7.82. The largest absolute Gasteiger partial charge is 0.477 e. The lowest BCUT2D eigenvalue weighted by atomic mass is 10.0. The number of amides is 2. The number of rotatable bonds is 5. The highest BCUT2D eigenvalue weighted by molar-refractivity contribution is 5.96. The van der Waals surface area contributed by atoms with Crippen molar-refractivity contribution in [1.29, 1.82) is 0 Å². The van der Waals surface area contributed by atoms with E-state index in [4.69, 9.17) is 4.52 Å². The second kappa shape index (κ2) is 7.47. The van der Waals surface area contributed by atoms with Gasteiger partial charge in [0.05, 0.1) is 6.04 Å². The summed E-state index contributed by atoms with van der Waals surface area (Å²) < 4.78 is 5.22. The Morgan fingerprint density at radius 1 is 1.15 bits per heavy atom. The lowest BCUT2D eigenvalue weighted by Gasteiger charge is -2.13. The third-order valence-corrected chi connectivity index (χ3v) is 3.64. The maximum Gasteiger partial charge on any atom is 0.341 e. The van der Waals surface area contributed by atoms with E-state index in [9.17, 15) is 14.7 Å². The summed E-state index contributed by atoms with van der Waals surface area (Å²) in [5.74, 6) is -1.14. The Morgan fingerprint density at radius 3 is 2.58 bits per heavy atom. The quantitative estimate of drug-likeness (QED) is 0.648. The topological polar surface area (TPSA) is 117 Å². The van der Waals surface area contributed by atoms with E-state index in [1.54, 1.807) is 49.5 Å². The highest BCUT2D eigenvalue weighted by Crippen LogP contribution is 2.28. The van der Waals surface area contributed by atoms with Crippen molar-refractivity contribution < 1.29 is 19.2 Å². The molecule has 2 heterocycles. The first-order chi connectivity index (χ1) is 12.6. The molecular weight excluding hydrogens is 336 g/mol. The van der Waals surface area contributed by atoms with Crippen LogP contribution in [0.4, 0.5) is 10.5 Å². The van der Waals surface area contributed by atoms with E-state index < -0.39 is 18.0 Å². The molecule has 0 radical (unpaired) electrons. The van der Waals surface area contributed by atoms with Gasteiger partial charge in [0, 0.05) is 23.6 Å². The van der Waals surface area contributed by atoms with Gasteiger partial charge in [-0.25, -0.2) is 9.59 Å². The van der Waals surface area contributed by atoms with Gasteiger partial charge in [-0.2, -0.15) is 0 Å². The predicted octanol–water partition coefficient (Wildman–Crippen LogP) is 3.32. The molecule has 1 atom stereocenters. The zero-order valence-corrected chi connectivity index (χ0v) is 13.8. The predicted molar refractivity (Wildman–Crippen MR) is 93.7 cm³/mol. The van der Waals surface area contributed by atoms with E-state index in [0.717, 1.165) is 0 Å². The number of carboxylic acid groups (broad SMARTS) is 1. The molecule has 2 amide bonds. The van der Waals surface area contributed by atoms with Gasteiger partial charge in [0.15, 0.2) is 5.76 Å². The second-order valence-corrected chi connectivity index (χ2v) is 5.50. The number of aromatic nitrogens is 2. The Morgan fingerprint density at radius 2 is 1.92 bits per heavy atom. The van der Waals surface area contributed by atoms with Crippen LogP contribution in [-0.2, 0) is 0 Å². The van der Waals surface area contributed by atoms with Crippen LogP contribution < -0.4 is 10.6 Å². The minimum Gasteiger partial charge on any atom is -0.477 e. The summed E-state index contributed by atoms with van der Waals surface area (Å²) in [7, 11) is 0. The van der Waals surface area contributed by atoms with Crippen molar-refractivity contribution in [3.63, 3.8) is 0 Å². The molecule has 0 saturated carbocycles. The number of carboxylic acids is 1. The number of pyridine rings is 1. The van der Waals surface area contributed by atoms with Gasteiger partial charge in [0.25, 0.3) is 0 Å². The molecule has 8 heteroatoms. The normalized spacial score (nSPS) is 11.6. The Balaban J connectivity index is 1.81. The van der Waals surface area contributed by atoms with Gasteiger partial charge in [-0.3, -0.25) is 4.98 Å². The summed E-state index contributed by atoms with van der Waals surface area (Å²) in [6, 6.07) is 11.0. The van der Waals surface area contributed by atoms with E-state index in [2.05, 4.69) is 20.8 Å². The Kier molecular flexibility index (Phi) is 4.93. The highest BCUT2D eigenvalue weighted by Gasteiger charge is 2.28. The Hall–Kier alpha value is -3.68. The van der Waals surface area contributed by atoms with Crippen LogP contribution in [0.5, 0.6) is 0 Å². The average molecular weight is 352 g/mol. The molecule has 1 aromatic carbocycles. The third-order valence-electron chi connectivity index (χ3n) is 3.64. The van der Waals surface area contributed by atoms with Crippen LogP contribution in [0.2, 0.25) is 0 Å². The minimum atomic E-state index is -1.20. The van der Waals surface area contributed by atoms with Crippen molar-refractivity contribution in [2.75, 3.05) is 5.32 Å². The molecule has 2 aromatic heterocycles. The zero-order valence-electron chi connectivity index (χ0n) is 13.8. The smallest absolute Gasteiger partial charge is 0.341 e. The lowest BCUT2D eigenvalue weighted by Crippen LogP contribution is -2.31. The van der Waals surface area contributed by atoms with E-state index in [1.165, 1.54) is 6.20 Å². The summed E-state index contributed by atoms with van der Waals surface area (Å²) in [4.78, 5) is 27.8. The van der Waals surface area contributed by atoms with Gasteiger partial charge >= 0.3 is 12.0 Å². The number of urea groups is 1. The van der Waals surface area contributed by atoms with Crippen molar-refractivity contribution in [3.8, 4) is 11.3 Å². The fourth-order valence-corrected chi connectivity index (χ4v) is 2.46. The van der Waals surface area contributed by atoms with Crippen LogP contribution in [-0.4, -0.2) is 27.2 Å². The molecule has 0 aliphatic carbocycles. The van der Waals surface area contributed by atoms with E-state index in [0.29, 0.717) is 11.3 Å². The minimum absolute atomic E-state index is 0.0552. The highest BCUT2D eigenvalue weighted by atomic mass is 16.5. The average Bonchev–Trinajstić information content (AvgIpc) is 3.08. The number of hydrogen-bond acceptors (Lipinski definition) is 5. The van der Waals surface area contributed by atoms with Crippen LogP contribution >= 0.6 is 0 Å². The van der Waals surface area contributed by atoms with E-state index in [-0.39, 0.29) is 17.0 Å². The standard InChI is InChI=1S/C18H16N4O4/c1-11(20-18(25)21-13-7-3-2-4-8-13)16-14(17(23)24)15(22-26-16)12-6-5-9-19-10-12/h2-11H,1H3,(H,23,24)(H2,20,21,25). The fraction of sp³-hybridized carbons (Fsp3) is 0.111. The van der Waals surface area contributed by atoms with E-state index >= 15 is 0 Å². The maximum atomic E-state index is 12.1. The van der Waals surface area contributed by atoms with Gasteiger partial charge in [0.1, 0.15) is 11.3 Å². The number of hydrogen-bond donors (Lipinski definition) is 3. The number of nitrogens with one attached hydrogen (secondary N) is 2. The summed E-state index contributed by atoms with van der Waals surface area (Å²) in [6.07, 6.45) is 3.07. The summed E-state index contributed by atoms with van der Waals surface area (Å²) in [5, 5.41) is 18.7. The summed E-state index contributed by atoms with van der Waals surface area (Å²) in [5.41, 5.74) is 1.19. The number of anilines is 1. The Labute approximate surface area is 148 Å². The fourth-order valence-electron chi connectivity index (χ4n) is 2.46. The van der Waals surface area contributed by atoms with Crippen LogP contribution in [0.15, 0.2) is 59.4 Å². The molecule has 3 rings (SSSR count). The molecule has 0 saturated heterocycles. The van der Waals surface area contributed by atoms with Crippen molar-refractivity contribution in [1.82, 2.24) is 15.5 Å². The number of carbonyl (C=O) groups excluding carboxylic acids is 1. The van der Waals surface area contributed by atoms with Crippen LogP contribution in [0.25, 0.3) is 11.3 Å². The monoisotopic (exact) mass is 352 g/mol. The van der Waals surface area contributed by atoms with E-state index in [1.807, 2.05) is 6.07 Å². The number of carbonyl (C=O) groups is 2. The molecule has 0 fully saturated rings. The van der Waals surface area contributed by atoms with Gasteiger partial charge in [-0.05, 0) is 31.2 Å². The van der Waals surface area contributed by atoms with Gasteiger partial charge < -0.3 is 20.3 Å². The number of benzene rings is 1. The SMILES string of the molecule is CC(NC(=O)Nc1ccccc1)c1onc(-c2cccnc2)c1C(=O)O. The summed E-state index contributed by atoms with van der Waals surface area (Å²) >= 11 is 0. The van der Waals surface area contributed by atoms with Crippen molar-refractivity contribution in [2.24, 2.45) is 0 Å². The molecule has 1 unspecified atom stereocenters. The van der Waals surface area contributed by atoms with Crippen LogP contribution in [0.3, 0.4) is 0 Å². The molecule has 0 spiro atoms. The second-order valence-electron chi connectivity index (χ2n) is 5.50. The van der Waals surface area contributed by atoms with Gasteiger partial charge in [-0.1, -0.05) is 23.4 Å². The van der Waals surface area contributed by atoms with Crippen LogP contribution in [0, 0.1) is 0 Å². The Bertz CT molecular complexity index is 909. The molecule has 0 aliphatic heterocycles. The van der Waals surface area contributed by atoms with Gasteiger partial charge in [0.2, 0.25) is 0 Å². The molecule has 26 heavy (non-hydrogen) atoms. The molecule has 0 bridgehead atoms. The zero-order chi connectivity index (χ0) is 18.5. The van der Waals surface area contributed by atoms with Crippen molar-refractivity contribution in [2.45, 2.75) is 13.0 Å².